The number of cyclic esters (lactones) is 1. The maximum Gasteiger partial charge on any atom is 0.417 e. The molecule has 7 heteroatoms. The van der Waals surface area contributed by atoms with Crippen LogP contribution in [0.15, 0.2) is 72.8 Å². The highest BCUT2D eigenvalue weighted by Crippen LogP contribution is 2.34. The van der Waals surface area contributed by atoms with E-state index in [1.165, 1.54) is 30.3 Å². The maximum absolute atomic E-state index is 14.1. The van der Waals surface area contributed by atoms with Crippen molar-refractivity contribution in [3.8, 4) is 0 Å². The Bertz CT molecular complexity index is 1120. The van der Waals surface area contributed by atoms with Crippen molar-refractivity contribution in [2.45, 2.75) is 18.4 Å². The molecule has 2 unspecified atom stereocenters. The Morgan fingerprint density at radius 1 is 1.03 bits per heavy atom. The van der Waals surface area contributed by atoms with Crippen LogP contribution in [0.1, 0.15) is 35.1 Å². The Morgan fingerprint density at radius 2 is 1.77 bits per heavy atom. The van der Waals surface area contributed by atoms with Crippen molar-refractivity contribution >= 4 is 23.6 Å². The van der Waals surface area contributed by atoms with Crippen molar-refractivity contribution in [3.63, 3.8) is 0 Å². The normalized spacial score (nSPS) is 16.8. The van der Waals surface area contributed by atoms with Crippen LogP contribution in [0.3, 0.4) is 0 Å². The first-order valence-electron chi connectivity index (χ1n) is 9.68. The number of rotatable bonds is 5. The van der Waals surface area contributed by atoms with E-state index in [-0.39, 0.29) is 18.1 Å². The molecule has 2 atom stereocenters. The molecule has 1 fully saturated rings. The van der Waals surface area contributed by atoms with Gasteiger partial charge in [0, 0.05) is 12.3 Å². The average Bonchev–Trinajstić information content (AvgIpc) is 3.16. The highest BCUT2D eigenvalue weighted by Gasteiger charge is 2.39. The van der Waals surface area contributed by atoms with Gasteiger partial charge in [0.1, 0.15) is 24.3 Å². The second-order valence-corrected chi connectivity index (χ2v) is 7.66. The van der Waals surface area contributed by atoms with Crippen molar-refractivity contribution in [1.82, 2.24) is 4.90 Å². The van der Waals surface area contributed by atoms with Crippen LogP contribution in [-0.4, -0.2) is 23.5 Å². The van der Waals surface area contributed by atoms with Crippen molar-refractivity contribution in [1.29, 1.82) is 0 Å². The summed E-state index contributed by atoms with van der Waals surface area (Å²) in [5, 5.41) is -0.0552. The fourth-order valence-electron chi connectivity index (χ4n) is 3.77. The SMILES string of the molecule is O=C(CC(c1cccc(F)c1)c1ccc(Cl)c(F)c1)N1C(=O)OCC1c1ccccc1. The van der Waals surface area contributed by atoms with Gasteiger partial charge in [-0.25, -0.2) is 18.5 Å². The van der Waals surface area contributed by atoms with E-state index in [0.29, 0.717) is 11.1 Å². The van der Waals surface area contributed by atoms with Crippen molar-refractivity contribution in [2.24, 2.45) is 0 Å². The second kappa shape index (κ2) is 8.86. The molecule has 0 aromatic heterocycles. The number of halogens is 3. The molecular weight excluding hydrogens is 424 g/mol. The molecular formula is C24H18ClF2NO3. The number of carbonyl (C=O) groups is 2. The van der Waals surface area contributed by atoms with E-state index in [0.717, 1.165) is 10.5 Å². The Labute approximate surface area is 183 Å². The minimum atomic E-state index is -0.737. The molecule has 1 saturated heterocycles. The summed E-state index contributed by atoms with van der Waals surface area (Å²) in [4.78, 5) is 26.7. The Hall–Kier alpha value is -3.25. The molecule has 4 rings (SSSR count). The smallest absolute Gasteiger partial charge is 0.417 e. The number of carbonyl (C=O) groups excluding carboxylic acids is 2. The highest BCUT2D eigenvalue weighted by atomic mass is 35.5. The van der Waals surface area contributed by atoms with E-state index >= 15 is 0 Å². The molecule has 4 nitrogen and oxygen atoms in total. The molecule has 0 saturated carbocycles. The van der Waals surface area contributed by atoms with E-state index < -0.39 is 35.6 Å². The summed E-state index contributed by atoms with van der Waals surface area (Å²) in [5.74, 6) is -2.30. The van der Waals surface area contributed by atoms with Gasteiger partial charge in [0.25, 0.3) is 0 Å². The van der Waals surface area contributed by atoms with Gasteiger partial charge in [-0.3, -0.25) is 4.79 Å². The molecule has 0 aliphatic carbocycles. The molecule has 0 radical (unpaired) electrons. The summed E-state index contributed by atoms with van der Waals surface area (Å²) in [6, 6.07) is 18.5. The van der Waals surface area contributed by atoms with E-state index in [4.69, 9.17) is 16.3 Å². The predicted molar refractivity (Wildman–Crippen MR) is 112 cm³/mol. The van der Waals surface area contributed by atoms with E-state index in [2.05, 4.69) is 0 Å². The number of hydrogen-bond acceptors (Lipinski definition) is 3. The van der Waals surface area contributed by atoms with Crippen molar-refractivity contribution < 1.29 is 23.1 Å². The third-order valence-corrected chi connectivity index (χ3v) is 5.61. The third kappa shape index (κ3) is 4.44. The van der Waals surface area contributed by atoms with Crippen LogP contribution in [0, 0.1) is 11.6 Å². The van der Waals surface area contributed by atoms with Crippen LogP contribution in [0.5, 0.6) is 0 Å². The van der Waals surface area contributed by atoms with E-state index in [1.807, 2.05) is 30.3 Å². The molecule has 0 spiro atoms. The van der Waals surface area contributed by atoms with E-state index in [1.54, 1.807) is 12.1 Å². The Kier molecular flexibility index (Phi) is 6.00. The number of hydrogen-bond donors (Lipinski definition) is 0. The zero-order valence-corrected chi connectivity index (χ0v) is 17.1. The molecule has 3 aromatic rings. The average molecular weight is 442 g/mol. The van der Waals surface area contributed by atoms with Crippen LogP contribution >= 0.6 is 11.6 Å². The largest absolute Gasteiger partial charge is 0.446 e. The first-order chi connectivity index (χ1) is 14.9. The molecule has 2 amide bonds. The number of ether oxygens (including phenoxy) is 1. The summed E-state index contributed by atoms with van der Waals surface area (Å²) in [7, 11) is 0. The summed E-state index contributed by atoms with van der Waals surface area (Å²) >= 11 is 5.80. The number of nitrogens with zero attached hydrogens (tertiary/aromatic N) is 1. The zero-order chi connectivity index (χ0) is 22.0. The Morgan fingerprint density at radius 3 is 2.48 bits per heavy atom. The van der Waals surface area contributed by atoms with Crippen molar-refractivity contribution in [3.05, 3.63) is 106 Å². The maximum atomic E-state index is 14.1. The molecule has 158 valence electrons. The van der Waals surface area contributed by atoms with Crippen LogP contribution in [0.2, 0.25) is 5.02 Å². The second-order valence-electron chi connectivity index (χ2n) is 7.25. The monoisotopic (exact) mass is 441 g/mol. The van der Waals surface area contributed by atoms with Crippen LogP contribution in [-0.2, 0) is 9.53 Å². The fraction of sp³-hybridized carbons (Fsp3) is 0.167. The zero-order valence-electron chi connectivity index (χ0n) is 16.3. The lowest BCUT2D eigenvalue weighted by molar-refractivity contribution is -0.129. The van der Waals surface area contributed by atoms with Gasteiger partial charge in [0.05, 0.1) is 5.02 Å². The minimum Gasteiger partial charge on any atom is -0.446 e. The van der Waals surface area contributed by atoms with Gasteiger partial charge in [0.2, 0.25) is 5.91 Å². The molecule has 31 heavy (non-hydrogen) atoms. The molecule has 0 N–H and O–H groups in total. The summed E-state index contributed by atoms with van der Waals surface area (Å²) in [5.41, 5.74) is 1.70. The lowest BCUT2D eigenvalue weighted by atomic mass is 9.87. The topological polar surface area (TPSA) is 46.6 Å². The molecule has 3 aromatic carbocycles. The first kappa shape index (κ1) is 21.0. The van der Waals surface area contributed by atoms with Gasteiger partial charge in [-0.1, -0.05) is 60.1 Å². The molecule has 1 aliphatic heterocycles. The first-order valence-corrected chi connectivity index (χ1v) is 10.1. The van der Waals surface area contributed by atoms with Gasteiger partial charge in [-0.05, 0) is 41.0 Å². The molecule has 1 heterocycles. The number of imide groups is 1. The third-order valence-electron chi connectivity index (χ3n) is 5.30. The van der Waals surface area contributed by atoms with Crippen LogP contribution < -0.4 is 0 Å². The minimum absolute atomic E-state index is 0.0504. The van der Waals surface area contributed by atoms with Gasteiger partial charge < -0.3 is 4.74 Å². The Balaban J connectivity index is 1.68. The van der Waals surface area contributed by atoms with Gasteiger partial charge in [-0.2, -0.15) is 0 Å². The lowest BCUT2D eigenvalue weighted by Gasteiger charge is -2.24. The molecule has 0 bridgehead atoms. The predicted octanol–water partition coefficient (Wildman–Crippen LogP) is 5.86. The number of benzene rings is 3. The quantitative estimate of drug-likeness (QED) is 0.498. The van der Waals surface area contributed by atoms with Gasteiger partial charge in [0.15, 0.2) is 0 Å². The van der Waals surface area contributed by atoms with Gasteiger partial charge >= 0.3 is 6.09 Å². The molecule has 1 aliphatic rings. The summed E-state index contributed by atoms with van der Waals surface area (Å²) < 4.78 is 33.2. The summed E-state index contributed by atoms with van der Waals surface area (Å²) in [6.07, 6.45) is -0.915. The fourth-order valence-corrected chi connectivity index (χ4v) is 3.89. The lowest BCUT2D eigenvalue weighted by Crippen LogP contribution is -2.35. The standard InChI is InChI=1S/C24H18ClF2NO3/c25-20-10-9-17(12-21(20)27)19(16-7-4-8-18(26)11-16)13-23(29)28-22(14-31-24(28)30)15-5-2-1-3-6-15/h1-12,19,22H,13-14H2. The number of amides is 2. The van der Waals surface area contributed by atoms with Crippen LogP contribution in [0.25, 0.3) is 0 Å². The van der Waals surface area contributed by atoms with Gasteiger partial charge in [-0.15, -0.1) is 0 Å². The van der Waals surface area contributed by atoms with Crippen LogP contribution in [0.4, 0.5) is 13.6 Å². The van der Waals surface area contributed by atoms with E-state index in [9.17, 15) is 18.4 Å². The van der Waals surface area contributed by atoms with Crippen molar-refractivity contribution in [2.75, 3.05) is 6.61 Å². The highest BCUT2D eigenvalue weighted by molar-refractivity contribution is 6.30. The summed E-state index contributed by atoms with van der Waals surface area (Å²) in [6.45, 7) is 0.0504.